The van der Waals surface area contributed by atoms with E-state index in [-0.39, 0.29) is 5.75 Å². The van der Waals surface area contributed by atoms with Crippen LogP contribution in [0.15, 0.2) is 30.4 Å². The molecule has 0 amide bonds. The Morgan fingerprint density at radius 1 is 0.829 bits per heavy atom. The zero-order chi connectivity index (χ0) is 24.6. The molecule has 1 unspecified atom stereocenters. The number of rotatable bonds is 9. The first-order valence-electron chi connectivity index (χ1n) is 14.5. The van der Waals surface area contributed by atoms with Crippen LogP contribution in [0, 0.1) is 41.2 Å². The Kier molecular flexibility index (Phi) is 9.86. The molecule has 2 saturated carbocycles. The smallest absolute Gasteiger partial charge is 0.201 e. The van der Waals surface area contributed by atoms with Crippen LogP contribution in [0.4, 0.5) is 8.78 Å². The molecule has 3 heteroatoms. The van der Waals surface area contributed by atoms with E-state index in [1.165, 1.54) is 51.4 Å². The van der Waals surface area contributed by atoms with E-state index in [0.717, 1.165) is 67.8 Å². The molecule has 4 rings (SSSR count). The van der Waals surface area contributed by atoms with Gasteiger partial charge in [0.2, 0.25) is 5.82 Å². The summed E-state index contributed by atoms with van der Waals surface area (Å²) in [4.78, 5) is 0. The molecule has 35 heavy (non-hydrogen) atoms. The van der Waals surface area contributed by atoms with Crippen molar-refractivity contribution >= 4 is 5.57 Å². The Balaban J connectivity index is 1.26. The highest BCUT2D eigenvalue weighted by Gasteiger charge is 2.33. The molecular weight excluding hydrogens is 438 g/mol. The van der Waals surface area contributed by atoms with Crippen molar-refractivity contribution in [2.24, 2.45) is 29.6 Å². The first kappa shape index (κ1) is 26.4. The maximum Gasteiger partial charge on any atom is 0.201 e. The molecule has 0 N–H and O–H groups in total. The second kappa shape index (κ2) is 13.1. The summed E-state index contributed by atoms with van der Waals surface area (Å²) in [5.74, 6) is 2.70. The molecule has 0 heterocycles. The molecule has 1 aromatic carbocycles. The summed E-state index contributed by atoms with van der Waals surface area (Å²) in [7, 11) is 0. The second-order valence-corrected chi connectivity index (χ2v) is 11.4. The van der Waals surface area contributed by atoms with Crippen LogP contribution in [0.3, 0.4) is 0 Å². The predicted octanol–water partition coefficient (Wildman–Crippen LogP) is 9.91. The van der Waals surface area contributed by atoms with Crippen LogP contribution in [-0.4, -0.2) is 6.61 Å². The second-order valence-electron chi connectivity index (χ2n) is 11.4. The van der Waals surface area contributed by atoms with Gasteiger partial charge in [0.15, 0.2) is 11.6 Å². The third-order valence-electron chi connectivity index (χ3n) is 9.28. The van der Waals surface area contributed by atoms with Gasteiger partial charge in [-0.3, -0.25) is 0 Å². The van der Waals surface area contributed by atoms with E-state index in [0.29, 0.717) is 18.1 Å². The molecule has 0 aromatic heterocycles. The molecular formula is C32H46F2O. The maximum absolute atomic E-state index is 14.9. The van der Waals surface area contributed by atoms with E-state index in [2.05, 4.69) is 32.1 Å². The van der Waals surface area contributed by atoms with E-state index in [1.807, 2.05) is 0 Å². The van der Waals surface area contributed by atoms with Crippen molar-refractivity contribution < 1.29 is 13.5 Å². The van der Waals surface area contributed by atoms with E-state index in [1.54, 1.807) is 12.1 Å². The van der Waals surface area contributed by atoms with Gasteiger partial charge >= 0.3 is 0 Å². The van der Waals surface area contributed by atoms with Crippen LogP contribution in [0.25, 0.3) is 5.57 Å². The largest absolute Gasteiger partial charge is 0.490 e. The SMILES string of the molecule is CC=CC1CCC(C2CCC(C3CC=C(c4ccc(OCCCCC)c(F)c4F)CC3)CC2)CC1. The van der Waals surface area contributed by atoms with E-state index in [9.17, 15) is 8.78 Å². The standard InChI is InChI=1S/C32H46F2O/c1-3-5-6-22-35-30-21-20-29(31(33)32(30)34)28-18-16-27(17-19-28)26-14-12-25(13-15-26)24-10-8-23(7-4-2)9-11-24/h4,7,18,20-21,23-27H,3,5-6,8-17,19,22H2,1-2H3. The van der Waals surface area contributed by atoms with Crippen LogP contribution in [0.1, 0.15) is 109 Å². The number of hydrogen-bond donors (Lipinski definition) is 0. The van der Waals surface area contributed by atoms with Crippen LogP contribution in [0.5, 0.6) is 5.75 Å². The summed E-state index contributed by atoms with van der Waals surface area (Å²) in [5.41, 5.74) is 1.40. The molecule has 1 aromatic rings. The molecule has 0 saturated heterocycles. The highest BCUT2D eigenvalue weighted by atomic mass is 19.2. The maximum atomic E-state index is 14.9. The summed E-state index contributed by atoms with van der Waals surface area (Å²) < 4.78 is 35.0. The fraction of sp³-hybridized carbons (Fsp3) is 0.688. The molecule has 2 fully saturated rings. The van der Waals surface area contributed by atoms with Crippen molar-refractivity contribution in [1.82, 2.24) is 0 Å². The topological polar surface area (TPSA) is 9.23 Å². The van der Waals surface area contributed by atoms with Crippen LogP contribution in [0.2, 0.25) is 0 Å². The summed E-state index contributed by atoms with van der Waals surface area (Å²) in [6.07, 6.45) is 23.9. The quantitative estimate of drug-likeness (QED) is 0.250. The fourth-order valence-corrected chi connectivity index (χ4v) is 7.12. The minimum absolute atomic E-state index is 0.0451. The Bertz CT molecular complexity index is 857. The van der Waals surface area contributed by atoms with Crippen molar-refractivity contribution in [2.45, 2.75) is 104 Å². The third kappa shape index (κ3) is 6.77. The monoisotopic (exact) mass is 484 g/mol. The highest BCUT2D eigenvalue weighted by molar-refractivity contribution is 5.67. The van der Waals surface area contributed by atoms with Crippen LogP contribution < -0.4 is 4.74 Å². The van der Waals surface area contributed by atoms with E-state index < -0.39 is 11.6 Å². The highest BCUT2D eigenvalue weighted by Crippen LogP contribution is 2.46. The lowest BCUT2D eigenvalue weighted by Crippen LogP contribution is -2.28. The van der Waals surface area contributed by atoms with Gasteiger partial charge in [-0.15, -0.1) is 0 Å². The Morgan fingerprint density at radius 2 is 1.49 bits per heavy atom. The van der Waals surface area contributed by atoms with Gasteiger partial charge in [-0.1, -0.05) is 38.0 Å². The van der Waals surface area contributed by atoms with Gasteiger partial charge in [0.1, 0.15) is 0 Å². The number of halogens is 2. The van der Waals surface area contributed by atoms with Gasteiger partial charge in [0, 0.05) is 5.56 Å². The van der Waals surface area contributed by atoms with Gasteiger partial charge < -0.3 is 4.74 Å². The molecule has 0 bridgehead atoms. The summed E-state index contributed by atoms with van der Waals surface area (Å²) in [6.45, 7) is 4.69. The van der Waals surface area contributed by atoms with E-state index >= 15 is 0 Å². The molecule has 0 spiro atoms. The Labute approximate surface area is 212 Å². The van der Waals surface area contributed by atoms with Crippen molar-refractivity contribution in [3.05, 3.63) is 47.6 Å². The molecule has 1 atom stereocenters. The molecule has 0 radical (unpaired) electrons. The Morgan fingerprint density at radius 3 is 2.09 bits per heavy atom. The van der Waals surface area contributed by atoms with Crippen LogP contribution >= 0.6 is 0 Å². The van der Waals surface area contributed by atoms with Crippen LogP contribution in [-0.2, 0) is 0 Å². The average Bonchev–Trinajstić information content (AvgIpc) is 2.90. The summed E-state index contributed by atoms with van der Waals surface area (Å²) in [5, 5.41) is 0. The molecule has 3 aliphatic rings. The Hall–Kier alpha value is -1.64. The third-order valence-corrected chi connectivity index (χ3v) is 9.28. The number of ether oxygens (including phenoxy) is 1. The van der Waals surface area contributed by atoms with Gasteiger partial charge in [-0.05, 0) is 131 Å². The minimum atomic E-state index is -0.833. The number of benzene rings is 1. The minimum Gasteiger partial charge on any atom is -0.490 e. The lowest BCUT2D eigenvalue weighted by molar-refractivity contribution is 0.128. The first-order chi connectivity index (χ1) is 17.1. The molecule has 194 valence electrons. The van der Waals surface area contributed by atoms with Gasteiger partial charge in [0.25, 0.3) is 0 Å². The normalized spacial score (nSPS) is 29.8. The summed E-state index contributed by atoms with van der Waals surface area (Å²) >= 11 is 0. The molecule has 0 aliphatic heterocycles. The van der Waals surface area contributed by atoms with Crippen molar-refractivity contribution in [2.75, 3.05) is 6.61 Å². The fourth-order valence-electron chi connectivity index (χ4n) is 7.12. The van der Waals surface area contributed by atoms with Crippen molar-refractivity contribution in [1.29, 1.82) is 0 Å². The zero-order valence-corrected chi connectivity index (χ0v) is 22.0. The van der Waals surface area contributed by atoms with Crippen molar-refractivity contribution in [3.8, 4) is 5.75 Å². The zero-order valence-electron chi connectivity index (χ0n) is 22.0. The van der Waals surface area contributed by atoms with Gasteiger partial charge in [-0.25, -0.2) is 4.39 Å². The first-order valence-corrected chi connectivity index (χ1v) is 14.5. The van der Waals surface area contributed by atoms with Crippen molar-refractivity contribution in [3.63, 3.8) is 0 Å². The van der Waals surface area contributed by atoms with Gasteiger partial charge in [-0.2, -0.15) is 4.39 Å². The predicted molar refractivity (Wildman–Crippen MR) is 142 cm³/mol. The lowest BCUT2D eigenvalue weighted by Gasteiger charge is -2.40. The number of unbranched alkanes of at least 4 members (excludes halogenated alkanes) is 2. The molecule has 3 aliphatic carbocycles. The summed E-state index contributed by atoms with van der Waals surface area (Å²) in [6, 6.07) is 3.33. The number of allylic oxidation sites excluding steroid dienone is 4. The number of hydrogen-bond acceptors (Lipinski definition) is 1. The molecule has 1 nitrogen and oxygen atoms in total. The lowest BCUT2D eigenvalue weighted by atomic mass is 9.66. The van der Waals surface area contributed by atoms with Gasteiger partial charge in [0.05, 0.1) is 6.61 Å². The van der Waals surface area contributed by atoms with E-state index in [4.69, 9.17) is 4.74 Å². The average molecular weight is 485 g/mol.